The van der Waals surface area contributed by atoms with Crippen molar-refractivity contribution in [2.75, 3.05) is 19.6 Å². The van der Waals surface area contributed by atoms with Gasteiger partial charge in [-0.2, -0.15) is 0 Å². The molecule has 114 valence electrons. The molecule has 0 aromatic carbocycles. The highest BCUT2D eigenvalue weighted by atomic mass is 15.1. The zero-order chi connectivity index (χ0) is 14.5. The van der Waals surface area contributed by atoms with E-state index in [1.54, 1.807) is 0 Å². The molecule has 0 spiro atoms. The fraction of sp³-hybridized carbons (Fsp3) is 1.00. The predicted molar refractivity (Wildman–Crippen MR) is 86.5 cm³/mol. The van der Waals surface area contributed by atoms with Crippen molar-refractivity contribution in [3.05, 3.63) is 0 Å². The molecule has 19 heavy (non-hydrogen) atoms. The van der Waals surface area contributed by atoms with Gasteiger partial charge in [-0.25, -0.2) is 0 Å². The predicted octanol–water partition coefficient (Wildman–Crippen LogP) is 5.35. The molecular formula is C18H37N. The molecule has 0 amide bonds. The third-order valence-electron chi connectivity index (χ3n) is 4.59. The van der Waals surface area contributed by atoms with E-state index in [9.17, 15) is 0 Å². The van der Waals surface area contributed by atoms with Gasteiger partial charge in [0.2, 0.25) is 0 Å². The molecule has 1 aliphatic heterocycles. The topological polar surface area (TPSA) is 3.24 Å². The molecule has 0 unspecified atom stereocenters. The first kappa shape index (κ1) is 17.0. The zero-order valence-corrected chi connectivity index (χ0v) is 14.4. The van der Waals surface area contributed by atoms with Crippen LogP contribution in [0.1, 0.15) is 80.1 Å². The number of piperidine rings is 1. The molecule has 0 aromatic heterocycles. The van der Waals surface area contributed by atoms with Crippen molar-refractivity contribution >= 4 is 0 Å². The summed E-state index contributed by atoms with van der Waals surface area (Å²) in [5.41, 5.74) is 1.02. The van der Waals surface area contributed by atoms with E-state index in [4.69, 9.17) is 0 Å². The average molecular weight is 268 g/mol. The first-order valence-corrected chi connectivity index (χ1v) is 8.44. The summed E-state index contributed by atoms with van der Waals surface area (Å²) in [6.07, 6.45) is 8.36. The average Bonchev–Trinajstić information content (AvgIpc) is 2.26. The molecule has 0 radical (unpaired) electrons. The maximum atomic E-state index is 2.71. The Labute approximate surface area is 122 Å². The molecule has 1 nitrogen and oxygen atoms in total. The maximum Gasteiger partial charge on any atom is 0.00327 e. The van der Waals surface area contributed by atoms with Crippen LogP contribution in [0.25, 0.3) is 0 Å². The van der Waals surface area contributed by atoms with Crippen LogP contribution in [0.15, 0.2) is 0 Å². The molecule has 1 heteroatoms. The Bertz CT molecular complexity index is 241. The van der Waals surface area contributed by atoms with Gasteiger partial charge in [-0.15, -0.1) is 0 Å². The lowest BCUT2D eigenvalue weighted by molar-refractivity contribution is 0.116. The van der Waals surface area contributed by atoms with Crippen LogP contribution >= 0.6 is 0 Å². The highest BCUT2D eigenvalue weighted by molar-refractivity contribution is 4.79. The minimum atomic E-state index is 0.507. The second-order valence-electron chi connectivity index (χ2n) is 8.73. The second-order valence-corrected chi connectivity index (χ2v) is 8.73. The number of likely N-dealkylation sites (tertiary alicyclic amines) is 1. The number of rotatable bonds is 6. The van der Waals surface area contributed by atoms with Gasteiger partial charge in [0.1, 0.15) is 0 Å². The van der Waals surface area contributed by atoms with Gasteiger partial charge < -0.3 is 4.90 Å². The van der Waals surface area contributed by atoms with Crippen molar-refractivity contribution in [2.45, 2.75) is 80.1 Å². The van der Waals surface area contributed by atoms with Crippen molar-refractivity contribution < 1.29 is 0 Å². The molecule has 0 aromatic rings. The third kappa shape index (κ3) is 7.34. The largest absolute Gasteiger partial charge is 0.303 e. The van der Waals surface area contributed by atoms with Gasteiger partial charge in [0.05, 0.1) is 0 Å². The van der Waals surface area contributed by atoms with Gasteiger partial charge in [-0.05, 0) is 61.9 Å². The molecule has 0 atom stereocenters. The van der Waals surface area contributed by atoms with E-state index >= 15 is 0 Å². The Morgan fingerprint density at radius 3 is 2.00 bits per heavy atom. The first-order chi connectivity index (χ1) is 8.72. The van der Waals surface area contributed by atoms with Crippen molar-refractivity contribution in [3.63, 3.8) is 0 Å². The van der Waals surface area contributed by atoms with Gasteiger partial charge in [0.25, 0.3) is 0 Å². The summed E-state index contributed by atoms with van der Waals surface area (Å²) in [6.45, 7) is 18.3. The van der Waals surface area contributed by atoms with Crippen molar-refractivity contribution in [2.24, 2.45) is 16.7 Å². The zero-order valence-electron chi connectivity index (χ0n) is 14.4. The van der Waals surface area contributed by atoms with Crippen LogP contribution in [0.5, 0.6) is 0 Å². The molecule has 1 heterocycles. The Balaban J connectivity index is 2.25. The molecule has 1 fully saturated rings. The lowest BCUT2D eigenvalue weighted by Gasteiger charge is -2.38. The maximum absolute atomic E-state index is 2.71. The van der Waals surface area contributed by atoms with Crippen molar-refractivity contribution in [1.82, 2.24) is 4.90 Å². The van der Waals surface area contributed by atoms with E-state index in [0.717, 1.165) is 5.92 Å². The van der Waals surface area contributed by atoms with E-state index in [1.165, 1.54) is 58.2 Å². The van der Waals surface area contributed by atoms with Crippen LogP contribution in [0.3, 0.4) is 0 Å². The summed E-state index contributed by atoms with van der Waals surface area (Å²) in [5.74, 6) is 0.991. The van der Waals surface area contributed by atoms with Crippen LogP contribution in [-0.2, 0) is 0 Å². The highest BCUT2D eigenvalue weighted by Gasteiger charge is 2.25. The number of nitrogens with zero attached hydrogens (tertiary/aromatic N) is 1. The minimum Gasteiger partial charge on any atom is -0.303 e. The first-order valence-electron chi connectivity index (χ1n) is 8.44. The van der Waals surface area contributed by atoms with Gasteiger partial charge >= 0.3 is 0 Å². The monoisotopic (exact) mass is 267 g/mol. The molecule has 0 bridgehead atoms. The van der Waals surface area contributed by atoms with Crippen LogP contribution in [0.4, 0.5) is 0 Å². The molecular weight excluding hydrogens is 230 g/mol. The Morgan fingerprint density at radius 2 is 1.53 bits per heavy atom. The van der Waals surface area contributed by atoms with Crippen molar-refractivity contribution in [3.8, 4) is 0 Å². The standard InChI is InChI=1S/C18H37N/c1-7-11-18(5,6)15-19-13-9-16(10-14-19)8-12-17(2,3)4/h16H,7-15H2,1-6H3. The van der Waals surface area contributed by atoms with Gasteiger partial charge in [0, 0.05) is 6.54 Å². The summed E-state index contributed by atoms with van der Waals surface area (Å²) < 4.78 is 0. The normalized spacial score (nSPS) is 19.9. The summed E-state index contributed by atoms with van der Waals surface area (Å²) in [6, 6.07) is 0. The SMILES string of the molecule is CCCC(C)(C)CN1CCC(CCC(C)(C)C)CC1. The van der Waals surface area contributed by atoms with Gasteiger partial charge in [0.15, 0.2) is 0 Å². The number of hydrogen-bond donors (Lipinski definition) is 0. The smallest absolute Gasteiger partial charge is 0.00327 e. The molecule has 1 rings (SSSR count). The lowest BCUT2D eigenvalue weighted by Crippen LogP contribution is -2.40. The molecule has 1 aliphatic rings. The van der Waals surface area contributed by atoms with E-state index < -0.39 is 0 Å². The molecule has 0 aliphatic carbocycles. The van der Waals surface area contributed by atoms with Crippen LogP contribution in [0.2, 0.25) is 0 Å². The summed E-state index contributed by atoms with van der Waals surface area (Å²) in [4.78, 5) is 2.71. The Kier molecular flexibility index (Phi) is 6.36. The van der Waals surface area contributed by atoms with E-state index in [-0.39, 0.29) is 0 Å². The van der Waals surface area contributed by atoms with Gasteiger partial charge in [-0.1, -0.05) is 48.0 Å². The summed E-state index contributed by atoms with van der Waals surface area (Å²) in [7, 11) is 0. The van der Waals surface area contributed by atoms with E-state index in [2.05, 4.69) is 46.4 Å². The second kappa shape index (κ2) is 7.11. The van der Waals surface area contributed by atoms with Gasteiger partial charge in [-0.3, -0.25) is 0 Å². The fourth-order valence-electron chi connectivity index (χ4n) is 3.43. The Morgan fingerprint density at radius 1 is 0.947 bits per heavy atom. The summed E-state index contributed by atoms with van der Waals surface area (Å²) >= 11 is 0. The summed E-state index contributed by atoms with van der Waals surface area (Å²) in [5, 5.41) is 0. The minimum absolute atomic E-state index is 0.507. The Hall–Kier alpha value is -0.0400. The quantitative estimate of drug-likeness (QED) is 0.627. The van der Waals surface area contributed by atoms with E-state index in [0.29, 0.717) is 10.8 Å². The van der Waals surface area contributed by atoms with Crippen LogP contribution < -0.4 is 0 Å². The fourth-order valence-corrected chi connectivity index (χ4v) is 3.43. The number of hydrogen-bond acceptors (Lipinski definition) is 1. The van der Waals surface area contributed by atoms with Crippen LogP contribution in [-0.4, -0.2) is 24.5 Å². The molecule has 0 saturated carbocycles. The third-order valence-corrected chi connectivity index (χ3v) is 4.59. The van der Waals surface area contributed by atoms with E-state index in [1.807, 2.05) is 0 Å². The van der Waals surface area contributed by atoms with Crippen LogP contribution in [0, 0.1) is 16.7 Å². The lowest BCUT2D eigenvalue weighted by atomic mass is 9.82. The van der Waals surface area contributed by atoms with Crippen molar-refractivity contribution in [1.29, 1.82) is 0 Å². The molecule has 1 saturated heterocycles. The molecule has 0 N–H and O–H groups in total. The highest BCUT2D eigenvalue weighted by Crippen LogP contribution is 2.30.